The summed E-state index contributed by atoms with van der Waals surface area (Å²) in [5, 5.41) is 2.86. The van der Waals surface area contributed by atoms with Gasteiger partial charge in [-0.2, -0.15) is 0 Å². The average molecular weight is 299 g/mol. The van der Waals surface area contributed by atoms with Crippen molar-refractivity contribution in [2.45, 2.75) is 26.9 Å². The van der Waals surface area contributed by atoms with Gasteiger partial charge in [-0.15, -0.1) is 11.3 Å². The number of aryl methyl sites for hydroxylation is 1. The molecule has 0 unspecified atom stereocenters. The fourth-order valence-corrected chi connectivity index (χ4v) is 3.24. The van der Waals surface area contributed by atoms with Crippen molar-refractivity contribution in [3.8, 4) is 5.75 Å². The van der Waals surface area contributed by atoms with Gasteiger partial charge in [0.15, 0.2) is 0 Å². The van der Waals surface area contributed by atoms with Gasteiger partial charge in [0, 0.05) is 22.7 Å². The molecule has 0 aliphatic carbocycles. The Morgan fingerprint density at radius 2 is 2.10 bits per heavy atom. The van der Waals surface area contributed by atoms with Crippen molar-refractivity contribution in [2.24, 2.45) is 0 Å². The minimum Gasteiger partial charge on any atom is -0.491 e. The third kappa shape index (κ3) is 2.59. The van der Waals surface area contributed by atoms with E-state index in [1.54, 1.807) is 6.20 Å². The van der Waals surface area contributed by atoms with Crippen LogP contribution in [0.3, 0.4) is 0 Å². The number of aromatic nitrogens is 1. The summed E-state index contributed by atoms with van der Waals surface area (Å²) < 4.78 is 5.72. The van der Waals surface area contributed by atoms with Crippen LogP contribution in [0.4, 0.5) is 0 Å². The van der Waals surface area contributed by atoms with Crippen molar-refractivity contribution in [3.63, 3.8) is 0 Å². The predicted molar refractivity (Wildman–Crippen MR) is 86.6 cm³/mol. The second-order valence-electron chi connectivity index (χ2n) is 5.34. The normalized spacial score (nSPS) is 11.2. The lowest BCUT2D eigenvalue weighted by Gasteiger charge is -2.09. The molecule has 0 aliphatic rings. The van der Waals surface area contributed by atoms with Gasteiger partial charge in [0.05, 0.1) is 11.0 Å². The van der Waals surface area contributed by atoms with Crippen molar-refractivity contribution < 1.29 is 9.53 Å². The van der Waals surface area contributed by atoms with Crippen molar-refractivity contribution in [1.29, 1.82) is 0 Å². The van der Waals surface area contributed by atoms with Crippen molar-refractivity contribution in [2.75, 3.05) is 0 Å². The van der Waals surface area contributed by atoms with Crippen LogP contribution in [0.5, 0.6) is 5.75 Å². The van der Waals surface area contributed by atoms with Gasteiger partial charge in [0.25, 0.3) is 0 Å². The van der Waals surface area contributed by atoms with E-state index in [1.165, 1.54) is 11.3 Å². The summed E-state index contributed by atoms with van der Waals surface area (Å²) in [6, 6.07) is 7.77. The molecule has 0 atom stereocenters. The van der Waals surface area contributed by atoms with Gasteiger partial charge in [0.2, 0.25) is 5.78 Å². The predicted octanol–water partition coefficient (Wildman–Crippen LogP) is 4.56. The van der Waals surface area contributed by atoms with Crippen molar-refractivity contribution in [1.82, 2.24) is 4.98 Å². The van der Waals surface area contributed by atoms with Gasteiger partial charge in [-0.3, -0.25) is 4.79 Å². The number of thiophene rings is 1. The van der Waals surface area contributed by atoms with Crippen molar-refractivity contribution in [3.05, 3.63) is 51.8 Å². The molecular weight excluding hydrogens is 282 g/mol. The number of rotatable bonds is 4. The first-order valence-electron chi connectivity index (χ1n) is 6.93. The molecule has 1 N–H and O–H groups in total. The zero-order chi connectivity index (χ0) is 15.0. The van der Waals surface area contributed by atoms with Crippen LogP contribution in [0.25, 0.3) is 10.9 Å². The molecule has 2 heterocycles. The highest BCUT2D eigenvalue weighted by atomic mass is 32.1. The summed E-state index contributed by atoms with van der Waals surface area (Å²) in [4.78, 5) is 16.6. The molecule has 0 amide bonds. The number of hydrogen-bond acceptors (Lipinski definition) is 3. The van der Waals surface area contributed by atoms with E-state index in [-0.39, 0.29) is 11.9 Å². The lowest BCUT2D eigenvalue weighted by Crippen LogP contribution is -2.05. The molecular formula is C17H17NO2S. The maximum Gasteiger partial charge on any atom is 0.205 e. The second-order valence-corrected chi connectivity index (χ2v) is 6.25. The first-order valence-corrected chi connectivity index (χ1v) is 7.81. The van der Waals surface area contributed by atoms with Crippen LogP contribution in [-0.4, -0.2) is 16.9 Å². The number of hydrogen-bond donors (Lipinski definition) is 1. The van der Waals surface area contributed by atoms with Crippen LogP contribution >= 0.6 is 11.3 Å². The third-order valence-corrected chi connectivity index (χ3v) is 4.35. The number of aromatic amines is 1. The summed E-state index contributed by atoms with van der Waals surface area (Å²) in [5.41, 5.74) is 2.67. The molecule has 4 heteroatoms. The Morgan fingerprint density at radius 1 is 1.29 bits per heavy atom. The smallest absolute Gasteiger partial charge is 0.205 e. The van der Waals surface area contributed by atoms with Gasteiger partial charge in [-0.1, -0.05) is 0 Å². The molecule has 0 aliphatic heterocycles. The van der Waals surface area contributed by atoms with Gasteiger partial charge >= 0.3 is 0 Å². The Morgan fingerprint density at radius 3 is 2.76 bits per heavy atom. The Bertz CT molecular complexity index is 798. The fourth-order valence-electron chi connectivity index (χ4n) is 2.36. The summed E-state index contributed by atoms with van der Waals surface area (Å²) in [6.07, 6.45) is 1.89. The first-order chi connectivity index (χ1) is 10.1. The van der Waals surface area contributed by atoms with Gasteiger partial charge < -0.3 is 9.72 Å². The summed E-state index contributed by atoms with van der Waals surface area (Å²) in [7, 11) is 0. The lowest BCUT2D eigenvalue weighted by atomic mass is 10.1. The van der Waals surface area contributed by atoms with Crippen molar-refractivity contribution >= 4 is 28.0 Å². The Labute approximate surface area is 127 Å². The number of ether oxygens (including phenoxy) is 1. The zero-order valence-electron chi connectivity index (χ0n) is 12.3. The molecule has 0 spiro atoms. The highest BCUT2D eigenvalue weighted by Crippen LogP contribution is 2.28. The lowest BCUT2D eigenvalue weighted by molar-refractivity contribution is 0.104. The number of benzene rings is 1. The van der Waals surface area contributed by atoms with Crippen LogP contribution in [0, 0.1) is 6.92 Å². The summed E-state index contributed by atoms with van der Waals surface area (Å²) >= 11 is 1.48. The third-order valence-electron chi connectivity index (χ3n) is 3.34. The number of nitrogens with one attached hydrogen (secondary N) is 1. The van der Waals surface area contributed by atoms with E-state index in [4.69, 9.17) is 4.74 Å². The number of carbonyl (C=O) groups is 1. The zero-order valence-corrected chi connectivity index (χ0v) is 13.1. The van der Waals surface area contributed by atoms with E-state index in [0.717, 1.165) is 27.1 Å². The van der Waals surface area contributed by atoms with E-state index in [1.807, 2.05) is 50.4 Å². The fraction of sp³-hybridized carbons (Fsp3) is 0.235. The number of H-pyrrole nitrogens is 1. The Balaban J connectivity index is 2.06. The van der Waals surface area contributed by atoms with E-state index >= 15 is 0 Å². The standard InChI is InChI=1S/C17H17NO2S/c1-10(2)20-12-4-5-15-13(8-12)14(9-18-15)16(19)17-11(3)6-7-21-17/h4-10,18H,1-3H3. The quantitative estimate of drug-likeness (QED) is 0.718. The molecule has 21 heavy (non-hydrogen) atoms. The van der Waals surface area contributed by atoms with Crippen LogP contribution in [-0.2, 0) is 0 Å². The van der Waals surface area contributed by atoms with Gasteiger partial charge in [0.1, 0.15) is 5.75 Å². The van der Waals surface area contributed by atoms with E-state index in [9.17, 15) is 4.79 Å². The summed E-state index contributed by atoms with van der Waals surface area (Å²) in [6.45, 7) is 5.94. The van der Waals surface area contributed by atoms with Gasteiger partial charge in [-0.05, 0) is 56.0 Å². The van der Waals surface area contributed by atoms with E-state index < -0.39 is 0 Å². The molecule has 3 aromatic rings. The second kappa shape index (κ2) is 5.37. The van der Waals surface area contributed by atoms with E-state index in [0.29, 0.717) is 5.56 Å². The number of fused-ring (bicyclic) bond motifs is 1. The van der Waals surface area contributed by atoms with Crippen LogP contribution in [0.2, 0.25) is 0 Å². The molecule has 0 fully saturated rings. The molecule has 108 valence electrons. The molecule has 1 aromatic carbocycles. The van der Waals surface area contributed by atoms with Crippen LogP contribution < -0.4 is 4.74 Å². The SMILES string of the molecule is Cc1ccsc1C(=O)c1c[nH]c2ccc(OC(C)C)cc12. The molecule has 0 saturated heterocycles. The molecule has 2 aromatic heterocycles. The average Bonchev–Trinajstić information content (AvgIpc) is 3.03. The monoisotopic (exact) mass is 299 g/mol. The number of ketones is 1. The highest BCUT2D eigenvalue weighted by molar-refractivity contribution is 7.12. The Hall–Kier alpha value is -2.07. The topological polar surface area (TPSA) is 42.1 Å². The molecule has 3 nitrogen and oxygen atoms in total. The molecule has 0 bridgehead atoms. The largest absolute Gasteiger partial charge is 0.491 e. The summed E-state index contributed by atoms with van der Waals surface area (Å²) in [5.74, 6) is 0.851. The number of carbonyl (C=O) groups excluding carboxylic acids is 1. The maximum absolute atomic E-state index is 12.7. The highest BCUT2D eigenvalue weighted by Gasteiger charge is 2.17. The molecule has 3 rings (SSSR count). The first kappa shape index (κ1) is 13.9. The maximum atomic E-state index is 12.7. The minimum atomic E-state index is 0.0652. The minimum absolute atomic E-state index is 0.0652. The van der Waals surface area contributed by atoms with E-state index in [2.05, 4.69) is 4.98 Å². The van der Waals surface area contributed by atoms with Crippen LogP contribution in [0.15, 0.2) is 35.8 Å². The molecule has 0 saturated carbocycles. The molecule has 0 radical (unpaired) electrons. The van der Waals surface area contributed by atoms with Gasteiger partial charge in [-0.25, -0.2) is 0 Å². The Kier molecular flexibility index (Phi) is 3.55. The van der Waals surface area contributed by atoms with Crippen LogP contribution in [0.1, 0.15) is 34.6 Å².